The molecule has 2 heterocycles. The van der Waals surface area contributed by atoms with Gasteiger partial charge in [-0.05, 0) is 63.1 Å². The van der Waals surface area contributed by atoms with Gasteiger partial charge in [-0.2, -0.15) is 0 Å². The lowest BCUT2D eigenvalue weighted by Crippen LogP contribution is -2.27. The van der Waals surface area contributed by atoms with Gasteiger partial charge in [0.1, 0.15) is 5.76 Å². The Bertz CT molecular complexity index is 503. The Morgan fingerprint density at radius 1 is 1.05 bits per heavy atom. The first-order valence-electron chi connectivity index (χ1n) is 7.97. The SMILES string of the molecule is c1ccc(C(NCCCN2CCCC2)c2ccco2)cc1. The highest BCUT2D eigenvalue weighted by molar-refractivity contribution is 5.26. The van der Waals surface area contributed by atoms with E-state index in [4.69, 9.17) is 4.42 Å². The molecule has 0 radical (unpaired) electrons. The topological polar surface area (TPSA) is 28.4 Å². The molecular formula is C18H24N2O. The highest BCUT2D eigenvalue weighted by Crippen LogP contribution is 2.22. The third kappa shape index (κ3) is 3.96. The molecule has 21 heavy (non-hydrogen) atoms. The Morgan fingerprint density at radius 3 is 2.57 bits per heavy atom. The minimum Gasteiger partial charge on any atom is -0.467 e. The summed E-state index contributed by atoms with van der Waals surface area (Å²) < 4.78 is 5.61. The monoisotopic (exact) mass is 284 g/mol. The number of likely N-dealkylation sites (tertiary alicyclic amines) is 1. The van der Waals surface area contributed by atoms with Crippen LogP contribution in [0.1, 0.15) is 36.6 Å². The summed E-state index contributed by atoms with van der Waals surface area (Å²) in [6.07, 6.45) is 5.67. The van der Waals surface area contributed by atoms with Crippen LogP contribution in [0.15, 0.2) is 53.1 Å². The summed E-state index contributed by atoms with van der Waals surface area (Å²) in [7, 11) is 0. The predicted octanol–water partition coefficient (Wildman–Crippen LogP) is 3.44. The van der Waals surface area contributed by atoms with Crippen molar-refractivity contribution in [2.24, 2.45) is 0 Å². The van der Waals surface area contributed by atoms with Gasteiger partial charge in [-0.1, -0.05) is 30.3 Å². The smallest absolute Gasteiger partial charge is 0.125 e. The lowest BCUT2D eigenvalue weighted by molar-refractivity contribution is 0.327. The van der Waals surface area contributed by atoms with Crippen molar-refractivity contribution in [3.8, 4) is 0 Å². The molecule has 1 atom stereocenters. The molecule has 1 fully saturated rings. The van der Waals surface area contributed by atoms with E-state index >= 15 is 0 Å². The molecule has 1 aliphatic rings. The maximum atomic E-state index is 5.61. The van der Waals surface area contributed by atoms with Crippen molar-refractivity contribution in [1.29, 1.82) is 0 Å². The average Bonchev–Trinajstić information content (AvgIpc) is 3.21. The summed E-state index contributed by atoms with van der Waals surface area (Å²) in [6, 6.07) is 14.7. The van der Waals surface area contributed by atoms with Gasteiger partial charge in [-0.15, -0.1) is 0 Å². The van der Waals surface area contributed by atoms with Gasteiger partial charge in [-0.3, -0.25) is 0 Å². The Hall–Kier alpha value is -1.58. The highest BCUT2D eigenvalue weighted by Gasteiger charge is 2.16. The number of benzene rings is 1. The first-order valence-corrected chi connectivity index (χ1v) is 7.97. The second-order valence-corrected chi connectivity index (χ2v) is 5.72. The van der Waals surface area contributed by atoms with Gasteiger partial charge in [0.05, 0.1) is 12.3 Å². The molecule has 3 nitrogen and oxygen atoms in total. The number of hydrogen-bond donors (Lipinski definition) is 1. The summed E-state index contributed by atoms with van der Waals surface area (Å²) in [5.74, 6) is 0.988. The lowest BCUT2D eigenvalue weighted by atomic mass is 10.0. The van der Waals surface area contributed by atoms with Gasteiger partial charge >= 0.3 is 0 Å². The van der Waals surface area contributed by atoms with Crippen LogP contribution >= 0.6 is 0 Å². The third-order valence-corrected chi connectivity index (χ3v) is 4.16. The standard InChI is InChI=1S/C18H24N2O/c1-2-8-16(9-3-1)18(17-10-6-15-21-17)19-11-7-14-20-12-4-5-13-20/h1-3,6,8-10,15,18-19H,4-5,7,11-14H2. The minimum absolute atomic E-state index is 0.153. The van der Waals surface area contributed by atoms with Crippen molar-refractivity contribution < 1.29 is 4.42 Å². The number of nitrogens with zero attached hydrogens (tertiary/aromatic N) is 1. The van der Waals surface area contributed by atoms with Crippen LogP contribution in [0.2, 0.25) is 0 Å². The number of rotatable bonds is 7. The molecule has 0 saturated carbocycles. The Morgan fingerprint density at radius 2 is 1.86 bits per heavy atom. The summed E-state index contributed by atoms with van der Waals surface area (Å²) >= 11 is 0. The van der Waals surface area contributed by atoms with Crippen molar-refractivity contribution in [2.75, 3.05) is 26.2 Å². The van der Waals surface area contributed by atoms with Crippen molar-refractivity contribution in [2.45, 2.75) is 25.3 Å². The first kappa shape index (κ1) is 14.4. The summed E-state index contributed by atoms with van der Waals surface area (Å²) in [6.45, 7) is 4.77. The predicted molar refractivity (Wildman–Crippen MR) is 85.3 cm³/mol. The third-order valence-electron chi connectivity index (χ3n) is 4.16. The van der Waals surface area contributed by atoms with E-state index in [-0.39, 0.29) is 6.04 Å². The normalized spacial score (nSPS) is 17.1. The van der Waals surface area contributed by atoms with Crippen molar-refractivity contribution in [1.82, 2.24) is 10.2 Å². The molecule has 2 aromatic rings. The fourth-order valence-corrected chi connectivity index (χ4v) is 3.04. The molecule has 3 rings (SSSR count). The summed E-state index contributed by atoms with van der Waals surface area (Å²) in [5, 5.41) is 3.64. The fourth-order valence-electron chi connectivity index (χ4n) is 3.04. The maximum Gasteiger partial charge on any atom is 0.125 e. The molecule has 3 heteroatoms. The van der Waals surface area contributed by atoms with Crippen LogP contribution in [0.5, 0.6) is 0 Å². The number of furan rings is 1. The molecule has 1 aromatic heterocycles. The van der Waals surface area contributed by atoms with Crippen LogP contribution < -0.4 is 5.32 Å². The lowest BCUT2D eigenvalue weighted by Gasteiger charge is -2.19. The van der Waals surface area contributed by atoms with E-state index in [9.17, 15) is 0 Å². The molecule has 1 aliphatic heterocycles. The zero-order valence-corrected chi connectivity index (χ0v) is 12.5. The number of nitrogens with one attached hydrogen (secondary N) is 1. The van der Waals surface area contributed by atoms with Crippen molar-refractivity contribution in [3.05, 3.63) is 60.1 Å². The molecule has 0 amide bonds. The van der Waals surface area contributed by atoms with Gasteiger partial charge in [0.15, 0.2) is 0 Å². The van der Waals surface area contributed by atoms with Crippen LogP contribution in [0.25, 0.3) is 0 Å². The van der Waals surface area contributed by atoms with Gasteiger partial charge < -0.3 is 14.6 Å². The first-order chi connectivity index (χ1) is 10.4. The van der Waals surface area contributed by atoms with Crippen LogP contribution in [0.4, 0.5) is 0 Å². The molecule has 1 N–H and O–H groups in total. The van der Waals surface area contributed by atoms with Crippen LogP contribution in [-0.2, 0) is 0 Å². The zero-order chi connectivity index (χ0) is 14.3. The van der Waals surface area contributed by atoms with E-state index in [2.05, 4.69) is 40.5 Å². The second-order valence-electron chi connectivity index (χ2n) is 5.72. The molecule has 1 aromatic carbocycles. The highest BCUT2D eigenvalue weighted by atomic mass is 16.3. The van der Waals surface area contributed by atoms with Crippen molar-refractivity contribution in [3.63, 3.8) is 0 Å². The molecule has 1 unspecified atom stereocenters. The van der Waals surface area contributed by atoms with Gasteiger partial charge in [0.2, 0.25) is 0 Å². The van der Waals surface area contributed by atoms with Crippen LogP contribution in [0.3, 0.4) is 0 Å². The van der Waals surface area contributed by atoms with E-state index in [1.54, 1.807) is 6.26 Å². The molecule has 1 saturated heterocycles. The van der Waals surface area contributed by atoms with E-state index in [1.807, 2.05) is 12.1 Å². The average molecular weight is 284 g/mol. The quantitative estimate of drug-likeness (QED) is 0.789. The minimum atomic E-state index is 0.153. The van der Waals surface area contributed by atoms with Crippen LogP contribution in [0, 0.1) is 0 Å². The van der Waals surface area contributed by atoms with E-state index < -0.39 is 0 Å². The van der Waals surface area contributed by atoms with Gasteiger partial charge in [-0.25, -0.2) is 0 Å². The van der Waals surface area contributed by atoms with E-state index in [0.29, 0.717) is 0 Å². The van der Waals surface area contributed by atoms with Gasteiger partial charge in [0, 0.05) is 0 Å². The number of hydrogen-bond acceptors (Lipinski definition) is 3. The molecule has 0 bridgehead atoms. The molecule has 0 aliphatic carbocycles. The van der Waals surface area contributed by atoms with E-state index in [1.165, 1.54) is 44.5 Å². The summed E-state index contributed by atoms with van der Waals surface area (Å²) in [5.41, 5.74) is 1.26. The Kier molecular flexibility index (Phi) is 5.08. The van der Waals surface area contributed by atoms with Crippen LogP contribution in [-0.4, -0.2) is 31.1 Å². The second kappa shape index (κ2) is 7.43. The maximum absolute atomic E-state index is 5.61. The fraction of sp³-hybridized carbons (Fsp3) is 0.444. The Labute approximate surface area is 127 Å². The van der Waals surface area contributed by atoms with Gasteiger partial charge in [0.25, 0.3) is 0 Å². The largest absolute Gasteiger partial charge is 0.467 e. The summed E-state index contributed by atoms with van der Waals surface area (Å²) in [4.78, 5) is 2.56. The molecule has 0 spiro atoms. The van der Waals surface area contributed by atoms with Crippen molar-refractivity contribution >= 4 is 0 Å². The molecule has 112 valence electrons. The Balaban J connectivity index is 1.55. The zero-order valence-electron chi connectivity index (χ0n) is 12.5. The van der Waals surface area contributed by atoms with E-state index in [0.717, 1.165) is 12.3 Å². The molecular weight excluding hydrogens is 260 g/mol.